The molecule has 0 aliphatic heterocycles. The highest BCUT2D eigenvalue weighted by Crippen LogP contribution is 2.32. The quantitative estimate of drug-likeness (QED) is 0.446. The molecule has 0 saturated carbocycles. The van der Waals surface area contributed by atoms with Crippen LogP contribution in [0.25, 0.3) is 38.4 Å². The first kappa shape index (κ1) is 16.1. The van der Waals surface area contributed by atoms with E-state index in [1.54, 1.807) is 34.1 Å². The fraction of sp³-hybridized carbons (Fsp3) is 0.0588. The lowest BCUT2D eigenvalue weighted by Gasteiger charge is -2.02. The van der Waals surface area contributed by atoms with E-state index in [4.69, 9.17) is 9.26 Å². The number of nitrogens with zero attached hydrogens (tertiary/aromatic N) is 5. The third kappa shape index (κ3) is 2.69. The number of rotatable bonds is 4. The van der Waals surface area contributed by atoms with E-state index in [9.17, 15) is 4.39 Å². The fourth-order valence-corrected chi connectivity index (χ4v) is 4.05. The fourth-order valence-electron chi connectivity index (χ4n) is 2.62. The molecular weight excluding hydrogens is 389 g/mol. The zero-order chi connectivity index (χ0) is 18.4. The van der Waals surface area contributed by atoms with Gasteiger partial charge in [-0.25, -0.2) is 4.39 Å². The summed E-state index contributed by atoms with van der Waals surface area (Å²) < 4.78 is 25.9. The Hall–Kier alpha value is -3.11. The maximum Gasteiger partial charge on any atom is 0.235 e. The molecule has 134 valence electrons. The highest BCUT2D eigenvalue weighted by Gasteiger charge is 2.18. The summed E-state index contributed by atoms with van der Waals surface area (Å²) in [5, 5.41) is 21.6. The molecule has 0 fully saturated rings. The van der Waals surface area contributed by atoms with Gasteiger partial charge in [0, 0.05) is 22.6 Å². The van der Waals surface area contributed by atoms with Crippen LogP contribution in [0.1, 0.15) is 0 Å². The van der Waals surface area contributed by atoms with E-state index in [0.717, 1.165) is 5.56 Å². The van der Waals surface area contributed by atoms with Gasteiger partial charge in [0.2, 0.25) is 4.96 Å². The SMILES string of the molecule is COc1ccc(-c2cc(-c3nn4c(-c5ccsc5)nnc4s3)no2)cc1F. The van der Waals surface area contributed by atoms with Crippen molar-refractivity contribution in [3.8, 4) is 39.2 Å². The first-order valence-corrected chi connectivity index (χ1v) is 9.54. The minimum absolute atomic E-state index is 0.174. The molecule has 0 saturated heterocycles. The van der Waals surface area contributed by atoms with Gasteiger partial charge in [0.15, 0.2) is 28.2 Å². The molecule has 4 aromatic heterocycles. The molecule has 0 amide bonds. The molecular formula is C17H10FN5O2S2. The largest absolute Gasteiger partial charge is 0.494 e. The predicted molar refractivity (Wildman–Crippen MR) is 99.4 cm³/mol. The van der Waals surface area contributed by atoms with Crippen molar-refractivity contribution in [3.63, 3.8) is 0 Å². The number of benzene rings is 1. The molecule has 1 aromatic carbocycles. The van der Waals surface area contributed by atoms with Crippen LogP contribution in [-0.2, 0) is 0 Å². The first-order valence-electron chi connectivity index (χ1n) is 7.79. The summed E-state index contributed by atoms with van der Waals surface area (Å²) in [4.78, 5) is 0.659. The third-order valence-corrected chi connectivity index (χ3v) is 5.54. The standard InChI is InChI=1S/C17H10FN5O2S2/c1-24-13-3-2-9(6-11(13)18)14-7-12(22-25-14)16-21-23-15(10-4-5-26-8-10)19-20-17(23)27-16/h2-8H,1H3. The molecule has 27 heavy (non-hydrogen) atoms. The van der Waals surface area contributed by atoms with Crippen molar-refractivity contribution < 1.29 is 13.7 Å². The van der Waals surface area contributed by atoms with Crippen molar-refractivity contribution in [2.75, 3.05) is 7.11 Å². The number of halogens is 1. The van der Waals surface area contributed by atoms with Gasteiger partial charge in [-0.05, 0) is 29.6 Å². The molecule has 0 aliphatic rings. The molecule has 5 rings (SSSR count). The summed E-state index contributed by atoms with van der Waals surface area (Å²) in [5.41, 5.74) is 2.07. The monoisotopic (exact) mass is 399 g/mol. The average Bonchev–Trinajstić information content (AvgIpc) is 3.43. The molecule has 0 radical (unpaired) electrons. The van der Waals surface area contributed by atoms with Crippen molar-refractivity contribution in [2.45, 2.75) is 0 Å². The Morgan fingerprint density at radius 3 is 2.85 bits per heavy atom. The molecule has 7 nitrogen and oxygen atoms in total. The lowest BCUT2D eigenvalue weighted by Crippen LogP contribution is -1.89. The number of fused-ring (bicyclic) bond motifs is 1. The van der Waals surface area contributed by atoms with E-state index in [-0.39, 0.29) is 5.75 Å². The van der Waals surface area contributed by atoms with Crippen molar-refractivity contribution in [2.24, 2.45) is 0 Å². The summed E-state index contributed by atoms with van der Waals surface area (Å²) in [6, 6.07) is 8.28. The average molecular weight is 399 g/mol. The molecule has 5 aromatic rings. The molecule has 0 aliphatic carbocycles. The molecule has 10 heteroatoms. The maximum absolute atomic E-state index is 13.9. The highest BCUT2D eigenvalue weighted by atomic mass is 32.1. The number of hydrogen-bond donors (Lipinski definition) is 0. The van der Waals surface area contributed by atoms with Gasteiger partial charge < -0.3 is 9.26 Å². The molecule has 0 atom stereocenters. The Morgan fingerprint density at radius 2 is 2.07 bits per heavy atom. The normalized spacial score (nSPS) is 11.3. The van der Waals surface area contributed by atoms with E-state index >= 15 is 0 Å². The van der Waals surface area contributed by atoms with Crippen molar-refractivity contribution in [1.29, 1.82) is 0 Å². The molecule has 0 unspecified atom stereocenters. The second kappa shape index (κ2) is 6.25. The van der Waals surface area contributed by atoms with Crippen molar-refractivity contribution in [1.82, 2.24) is 25.0 Å². The Morgan fingerprint density at radius 1 is 1.15 bits per heavy atom. The third-order valence-electron chi connectivity index (χ3n) is 3.94. The van der Waals surface area contributed by atoms with Crippen LogP contribution in [0.4, 0.5) is 4.39 Å². The van der Waals surface area contributed by atoms with Crippen LogP contribution in [0.5, 0.6) is 5.75 Å². The predicted octanol–water partition coefficient (Wildman–Crippen LogP) is 4.38. The van der Waals surface area contributed by atoms with E-state index in [1.165, 1.54) is 24.5 Å². The van der Waals surface area contributed by atoms with Gasteiger partial charge in [0.1, 0.15) is 5.69 Å². The summed E-state index contributed by atoms with van der Waals surface area (Å²) in [6.07, 6.45) is 0. The Balaban J connectivity index is 1.52. The summed E-state index contributed by atoms with van der Waals surface area (Å²) >= 11 is 2.93. The second-order valence-electron chi connectivity index (χ2n) is 5.56. The molecule has 4 heterocycles. The van der Waals surface area contributed by atoms with E-state index in [0.29, 0.717) is 32.8 Å². The van der Waals surface area contributed by atoms with Gasteiger partial charge in [-0.1, -0.05) is 16.5 Å². The summed E-state index contributed by atoms with van der Waals surface area (Å²) in [6.45, 7) is 0. The molecule has 0 N–H and O–H groups in total. The number of methoxy groups -OCH3 is 1. The molecule has 0 spiro atoms. The number of aromatic nitrogens is 5. The van der Waals surface area contributed by atoms with Crippen LogP contribution in [0.15, 0.2) is 45.6 Å². The van der Waals surface area contributed by atoms with Crippen LogP contribution in [0, 0.1) is 5.82 Å². The van der Waals surface area contributed by atoms with Crippen molar-refractivity contribution >= 4 is 27.6 Å². The van der Waals surface area contributed by atoms with Crippen LogP contribution in [-0.4, -0.2) is 32.1 Å². The zero-order valence-corrected chi connectivity index (χ0v) is 15.4. The Kier molecular flexibility index (Phi) is 3.73. The number of ether oxygens (including phenoxy) is 1. The van der Waals surface area contributed by atoms with Gasteiger partial charge in [-0.2, -0.15) is 21.0 Å². The van der Waals surface area contributed by atoms with Gasteiger partial charge in [0.05, 0.1) is 7.11 Å². The Labute approximate surface area is 159 Å². The smallest absolute Gasteiger partial charge is 0.235 e. The van der Waals surface area contributed by atoms with Gasteiger partial charge in [0.25, 0.3) is 0 Å². The van der Waals surface area contributed by atoms with Crippen LogP contribution in [0.2, 0.25) is 0 Å². The first-order chi connectivity index (χ1) is 13.2. The molecule has 0 bridgehead atoms. The second-order valence-corrected chi connectivity index (χ2v) is 7.30. The van der Waals surface area contributed by atoms with E-state index in [1.807, 2.05) is 16.8 Å². The number of hydrogen-bond acceptors (Lipinski definition) is 8. The maximum atomic E-state index is 13.9. The summed E-state index contributed by atoms with van der Waals surface area (Å²) in [5.74, 6) is 0.825. The minimum atomic E-state index is -0.466. The van der Waals surface area contributed by atoms with Gasteiger partial charge >= 0.3 is 0 Å². The van der Waals surface area contributed by atoms with Gasteiger partial charge in [-0.15, -0.1) is 10.2 Å². The topological polar surface area (TPSA) is 78.3 Å². The zero-order valence-electron chi connectivity index (χ0n) is 13.8. The lowest BCUT2D eigenvalue weighted by atomic mass is 10.1. The van der Waals surface area contributed by atoms with E-state index < -0.39 is 5.82 Å². The lowest BCUT2D eigenvalue weighted by molar-refractivity contribution is 0.386. The van der Waals surface area contributed by atoms with Crippen LogP contribution < -0.4 is 4.74 Å². The van der Waals surface area contributed by atoms with Crippen LogP contribution in [0.3, 0.4) is 0 Å². The minimum Gasteiger partial charge on any atom is -0.494 e. The van der Waals surface area contributed by atoms with Crippen LogP contribution >= 0.6 is 22.7 Å². The van der Waals surface area contributed by atoms with E-state index in [2.05, 4.69) is 20.5 Å². The van der Waals surface area contributed by atoms with Crippen molar-refractivity contribution in [3.05, 3.63) is 46.9 Å². The van der Waals surface area contributed by atoms with Gasteiger partial charge in [-0.3, -0.25) is 0 Å². The summed E-state index contributed by atoms with van der Waals surface area (Å²) in [7, 11) is 1.42. The Bertz CT molecular complexity index is 1240. The highest BCUT2D eigenvalue weighted by molar-refractivity contribution is 7.19. The number of thiophene rings is 1.